The van der Waals surface area contributed by atoms with E-state index in [0.29, 0.717) is 12.4 Å². The second-order valence-corrected chi connectivity index (χ2v) is 7.17. The third-order valence-electron chi connectivity index (χ3n) is 5.37. The van der Waals surface area contributed by atoms with E-state index in [1.807, 2.05) is 0 Å². The molecule has 1 aromatic rings. The highest BCUT2D eigenvalue weighted by Gasteiger charge is 2.46. The van der Waals surface area contributed by atoms with Crippen LogP contribution in [0.2, 0.25) is 0 Å². The molecule has 1 atom stereocenters. The van der Waals surface area contributed by atoms with Crippen LogP contribution in [0.15, 0.2) is 18.2 Å². The standard InChI is InChI=1S/C19H18N2O6/c22-8-10-6-11(7-10)9-27-14-3-1-2-12-16(14)19(26)21(18(12)25)13-4-5-15(23)20-17(13)24/h1-3,8,10-11,13H,4-7,9H2,(H,20,23,24). The van der Waals surface area contributed by atoms with Crippen molar-refractivity contribution in [3.63, 3.8) is 0 Å². The average Bonchev–Trinajstić information content (AvgIpc) is 2.86. The maximum absolute atomic E-state index is 12.9. The topological polar surface area (TPSA) is 110 Å². The lowest BCUT2D eigenvalue weighted by molar-refractivity contribution is -0.136. The minimum atomic E-state index is -0.997. The van der Waals surface area contributed by atoms with Gasteiger partial charge in [-0.25, -0.2) is 0 Å². The number of amides is 4. The number of nitrogens with zero attached hydrogens (tertiary/aromatic N) is 1. The fourth-order valence-corrected chi connectivity index (χ4v) is 3.85. The zero-order valence-electron chi connectivity index (χ0n) is 14.5. The molecule has 140 valence electrons. The van der Waals surface area contributed by atoms with Crippen LogP contribution in [-0.4, -0.2) is 47.5 Å². The second kappa shape index (κ2) is 6.61. The first-order valence-electron chi connectivity index (χ1n) is 8.92. The molecule has 1 N–H and O–H groups in total. The highest BCUT2D eigenvalue weighted by atomic mass is 16.5. The highest BCUT2D eigenvalue weighted by Crippen LogP contribution is 2.36. The molecule has 0 spiro atoms. The highest BCUT2D eigenvalue weighted by molar-refractivity contribution is 6.24. The van der Waals surface area contributed by atoms with Crippen molar-refractivity contribution in [2.75, 3.05) is 6.61 Å². The first-order valence-corrected chi connectivity index (χ1v) is 8.92. The third-order valence-corrected chi connectivity index (χ3v) is 5.37. The number of fused-ring (bicyclic) bond motifs is 1. The summed E-state index contributed by atoms with van der Waals surface area (Å²) in [6.07, 6.45) is 2.65. The van der Waals surface area contributed by atoms with E-state index in [2.05, 4.69) is 5.32 Å². The Kier molecular flexibility index (Phi) is 4.25. The molecule has 4 amide bonds. The van der Waals surface area contributed by atoms with Gasteiger partial charge in [-0.2, -0.15) is 0 Å². The first kappa shape index (κ1) is 17.4. The molecular weight excluding hydrogens is 352 g/mol. The van der Waals surface area contributed by atoms with Crippen LogP contribution in [0.25, 0.3) is 0 Å². The number of carbonyl (C=O) groups is 5. The van der Waals surface area contributed by atoms with Gasteiger partial charge in [0.2, 0.25) is 11.8 Å². The van der Waals surface area contributed by atoms with Crippen molar-refractivity contribution in [2.45, 2.75) is 31.7 Å². The summed E-state index contributed by atoms with van der Waals surface area (Å²) in [6, 6.07) is 3.78. The van der Waals surface area contributed by atoms with Gasteiger partial charge in [0.1, 0.15) is 18.1 Å². The van der Waals surface area contributed by atoms with Gasteiger partial charge in [-0.05, 0) is 37.3 Å². The molecule has 27 heavy (non-hydrogen) atoms. The molecule has 3 aliphatic rings. The van der Waals surface area contributed by atoms with Crippen molar-refractivity contribution in [1.29, 1.82) is 0 Å². The molecule has 1 aliphatic carbocycles. The predicted molar refractivity (Wildman–Crippen MR) is 90.9 cm³/mol. The van der Waals surface area contributed by atoms with E-state index in [1.165, 1.54) is 6.07 Å². The van der Waals surface area contributed by atoms with Crippen molar-refractivity contribution >= 4 is 29.9 Å². The fraction of sp³-hybridized carbons (Fsp3) is 0.421. The largest absolute Gasteiger partial charge is 0.492 e. The Hall–Kier alpha value is -3.03. The number of hydrogen-bond acceptors (Lipinski definition) is 6. The zero-order chi connectivity index (χ0) is 19.1. The van der Waals surface area contributed by atoms with E-state index in [9.17, 15) is 24.0 Å². The van der Waals surface area contributed by atoms with Crippen LogP contribution in [0.1, 0.15) is 46.4 Å². The molecule has 1 unspecified atom stereocenters. The van der Waals surface area contributed by atoms with Crippen molar-refractivity contribution in [2.24, 2.45) is 11.8 Å². The molecule has 2 aliphatic heterocycles. The minimum Gasteiger partial charge on any atom is -0.492 e. The minimum absolute atomic E-state index is 0.0753. The number of rotatable bonds is 5. The summed E-state index contributed by atoms with van der Waals surface area (Å²) in [5.74, 6) is -1.57. The fourth-order valence-electron chi connectivity index (χ4n) is 3.85. The Morgan fingerprint density at radius 1 is 1.15 bits per heavy atom. The third kappa shape index (κ3) is 2.90. The van der Waals surface area contributed by atoms with E-state index < -0.39 is 29.7 Å². The van der Waals surface area contributed by atoms with E-state index in [-0.39, 0.29) is 35.8 Å². The summed E-state index contributed by atoms with van der Waals surface area (Å²) in [4.78, 5) is 60.7. The van der Waals surface area contributed by atoms with Gasteiger partial charge in [-0.15, -0.1) is 0 Å². The first-order chi connectivity index (χ1) is 13.0. The Morgan fingerprint density at radius 2 is 1.93 bits per heavy atom. The number of aldehydes is 1. The van der Waals surface area contributed by atoms with E-state index >= 15 is 0 Å². The molecule has 2 fully saturated rings. The van der Waals surface area contributed by atoms with E-state index in [1.54, 1.807) is 12.1 Å². The molecule has 0 radical (unpaired) electrons. The number of imide groups is 2. The van der Waals surface area contributed by atoms with Crippen molar-refractivity contribution in [1.82, 2.24) is 10.2 Å². The average molecular weight is 370 g/mol. The number of carbonyl (C=O) groups excluding carboxylic acids is 5. The lowest BCUT2D eigenvalue weighted by Crippen LogP contribution is -2.54. The number of ether oxygens (including phenoxy) is 1. The van der Waals surface area contributed by atoms with Gasteiger partial charge in [-0.3, -0.25) is 29.4 Å². The molecule has 8 heteroatoms. The summed E-state index contributed by atoms with van der Waals surface area (Å²) in [5, 5.41) is 2.17. The molecule has 4 rings (SSSR count). The predicted octanol–water partition coefficient (Wildman–Crippen LogP) is 0.692. The van der Waals surface area contributed by atoms with Crippen LogP contribution < -0.4 is 10.1 Å². The van der Waals surface area contributed by atoms with E-state index in [0.717, 1.165) is 24.0 Å². The Bertz CT molecular complexity index is 858. The van der Waals surface area contributed by atoms with Crippen LogP contribution in [0.4, 0.5) is 0 Å². The van der Waals surface area contributed by atoms with Gasteiger partial charge < -0.3 is 9.53 Å². The van der Waals surface area contributed by atoms with Crippen LogP contribution in [0.5, 0.6) is 5.75 Å². The number of nitrogens with one attached hydrogen (secondary N) is 1. The van der Waals surface area contributed by atoms with Gasteiger partial charge in [0.25, 0.3) is 11.8 Å². The molecule has 1 saturated carbocycles. The summed E-state index contributed by atoms with van der Waals surface area (Å²) in [5.41, 5.74) is 0.347. The summed E-state index contributed by atoms with van der Waals surface area (Å²) < 4.78 is 5.77. The molecule has 0 aromatic heterocycles. The maximum atomic E-state index is 12.9. The van der Waals surface area contributed by atoms with Crippen molar-refractivity contribution in [3.8, 4) is 5.75 Å². The van der Waals surface area contributed by atoms with Gasteiger partial charge in [0, 0.05) is 12.3 Å². The Balaban J connectivity index is 1.53. The monoisotopic (exact) mass is 370 g/mol. The SMILES string of the molecule is O=CC1CC(COc2cccc3c2C(=O)N(C2CCC(=O)NC2=O)C3=O)C1. The number of piperidine rings is 1. The van der Waals surface area contributed by atoms with Gasteiger partial charge in [0.05, 0.1) is 17.7 Å². The maximum Gasteiger partial charge on any atom is 0.266 e. The molecule has 0 bridgehead atoms. The quantitative estimate of drug-likeness (QED) is 0.603. The van der Waals surface area contributed by atoms with E-state index in [4.69, 9.17) is 4.74 Å². The molecular formula is C19H18N2O6. The van der Waals surface area contributed by atoms with Crippen molar-refractivity contribution < 1.29 is 28.7 Å². The second-order valence-electron chi connectivity index (χ2n) is 7.17. The van der Waals surface area contributed by atoms with Crippen molar-refractivity contribution in [3.05, 3.63) is 29.3 Å². The van der Waals surface area contributed by atoms with Gasteiger partial charge >= 0.3 is 0 Å². The lowest BCUT2D eigenvalue weighted by atomic mass is 9.76. The number of hydrogen-bond donors (Lipinski definition) is 1. The Labute approximate surface area is 154 Å². The van der Waals surface area contributed by atoms with Crippen LogP contribution in [0.3, 0.4) is 0 Å². The van der Waals surface area contributed by atoms with Crippen LogP contribution in [0, 0.1) is 11.8 Å². The Morgan fingerprint density at radius 3 is 2.63 bits per heavy atom. The lowest BCUT2D eigenvalue weighted by Gasteiger charge is -2.31. The van der Waals surface area contributed by atoms with Crippen LogP contribution in [-0.2, 0) is 14.4 Å². The molecule has 8 nitrogen and oxygen atoms in total. The normalized spacial score (nSPS) is 27.1. The van der Waals surface area contributed by atoms with Gasteiger partial charge in [-0.1, -0.05) is 6.07 Å². The van der Waals surface area contributed by atoms with Crippen LogP contribution >= 0.6 is 0 Å². The summed E-state index contributed by atoms with van der Waals surface area (Å²) in [6.45, 7) is 0.362. The molecule has 1 aromatic carbocycles. The van der Waals surface area contributed by atoms with Gasteiger partial charge in [0.15, 0.2) is 0 Å². The molecule has 1 saturated heterocycles. The summed E-state index contributed by atoms with van der Waals surface area (Å²) in [7, 11) is 0. The summed E-state index contributed by atoms with van der Waals surface area (Å²) >= 11 is 0. The number of benzene rings is 1. The molecule has 2 heterocycles. The zero-order valence-corrected chi connectivity index (χ0v) is 14.5. The smallest absolute Gasteiger partial charge is 0.266 e.